The summed E-state index contributed by atoms with van der Waals surface area (Å²) in [7, 11) is 0. The number of ether oxygens (including phenoxy) is 3. The van der Waals surface area contributed by atoms with E-state index in [0.717, 1.165) is 22.6 Å². The van der Waals surface area contributed by atoms with E-state index in [1.807, 2.05) is 27.7 Å². The van der Waals surface area contributed by atoms with Crippen LogP contribution in [0.2, 0.25) is 0 Å². The summed E-state index contributed by atoms with van der Waals surface area (Å²) in [5, 5.41) is 0. The van der Waals surface area contributed by atoms with Crippen LogP contribution in [0.1, 0.15) is 30.7 Å². The molecule has 1 aliphatic heterocycles. The van der Waals surface area contributed by atoms with Gasteiger partial charge in [-0.1, -0.05) is 0 Å². The minimum absolute atomic E-state index is 0.245. The summed E-state index contributed by atoms with van der Waals surface area (Å²) >= 11 is 5.88. The van der Waals surface area contributed by atoms with Crippen molar-refractivity contribution >= 4 is 11.6 Å². The van der Waals surface area contributed by atoms with E-state index in [1.165, 1.54) is 0 Å². The summed E-state index contributed by atoms with van der Waals surface area (Å²) in [4.78, 5) is 4.31. The van der Waals surface area contributed by atoms with Gasteiger partial charge in [0.1, 0.15) is 5.75 Å². The number of aryl methyl sites for hydroxylation is 1. The Hall–Kier alpha value is -0.840. The molecular weight excluding hydrogens is 278 g/mol. The van der Waals surface area contributed by atoms with Gasteiger partial charge in [0, 0.05) is 23.2 Å². The standard InChI is InChI=1S/C15H22ClNO3/c1-10-6-17-13(5-16)11(2)14(10)18-7-12-8-19-15(3,4)20-9-12/h6,12H,5,7-9H2,1-4H3. The van der Waals surface area contributed by atoms with Gasteiger partial charge in [-0.25, -0.2) is 0 Å². The maximum Gasteiger partial charge on any atom is 0.162 e. The zero-order valence-corrected chi connectivity index (χ0v) is 13.3. The van der Waals surface area contributed by atoms with E-state index in [4.69, 9.17) is 25.8 Å². The molecule has 20 heavy (non-hydrogen) atoms. The second-order valence-corrected chi connectivity index (χ2v) is 5.94. The molecule has 1 fully saturated rings. The second-order valence-electron chi connectivity index (χ2n) is 5.67. The average molecular weight is 300 g/mol. The van der Waals surface area contributed by atoms with E-state index in [2.05, 4.69) is 4.98 Å². The van der Waals surface area contributed by atoms with E-state index in [-0.39, 0.29) is 5.92 Å². The zero-order chi connectivity index (χ0) is 14.8. The first-order chi connectivity index (χ1) is 9.43. The highest BCUT2D eigenvalue weighted by molar-refractivity contribution is 6.17. The zero-order valence-electron chi connectivity index (χ0n) is 12.5. The third-order valence-electron chi connectivity index (χ3n) is 3.47. The highest BCUT2D eigenvalue weighted by Crippen LogP contribution is 2.27. The van der Waals surface area contributed by atoms with E-state index in [9.17, 15) is 0 Å². The van der Waals surface area contributed by atoms with Crippen LogP contribution in [-0.4, -0.2) is 30.6 Å². The Kier molecular flexibility index (Phi) is 4.89. The van der Waals surface area contributed by atoms with E-state index >= 15 is 0 Å². The van der Waals surface area contributed by atoms with Crippen LogP contribution >= 0.6 is 11.6 Å². The first-order valence-corrected chi connectivity index (χ1v) is 7.38. The number of pyridine rings is 1. The number of nitrogens with zero attached hydrogens (tertiary/aromatic N) is 1. The second kappa shape index (κ2) is 6.29. The van der Waals surface area contributed by atoms with Gasteiger partial charge in [-0.2, -0.15) is 0 Å². The monoisotopic (exact) mass is 299 g/mol. The summed E-state index contributed by atoms with van der Waals surface area (Å²) in [6.45, 7) is 9.71. The number of halogens is 1. The molecule has 0 aliphatic carbocycles. The molecule has 0 aromatic carbocycles. The molecule has 0 unspecified atom stereocenters. The van der Waals surface area contributed by atoms with Crippen molar-refractivity contribution < 1.29 is 14.2 Å². The Morgan fingerprint density at radius 1 is 1.35 bits per heavy atom. The van der Waals surface area contributed by atoms with Crippen LogP contribution in [0, 0.1) is 19.8 Å². The maximum atomic E-state index is 5.96. The largest absolute Gasteiger partial charge is 0.492 e. The smallest absolute Gasteiger partial charge is 0.162 e. The van der Waals surface area contributed by atoms with Crippen LogP contribution in [0.15, 0.2) is 6.20 Å². The lowest BCUT2D eigenvalue weighted by molar-refractivity contribution is -0.264. The fourth-order valence-electron chi connectivity index (χ4n) is 2.14. The van der Waals surface area contributed by atoms with Crippen LogP contribution in [0.25, 0.3) is 0 Å². The van der Waals surface area contributed by atoms with Gasteiger partial charge in [-0.05, 0) is 27.7 Å². The topological polar surface area (TPSA) is 40.6 Å². The van der Waals surface area contributed by atoms with Gasteiger partial charge in [0.2, 0.25) is 0 Å². The molecule has 0 N–H and O–H groups in total. The summed E-state index contributed by atoms with van der Waals surface area (Å²) in [5.41, 5.74) is 2.90. The number of alkyl halides is 1. The van der Waals surface area contributed by atoms with Gasteiger partial charge in [-0.15, -0.1) is 11.6 Å². The van der Waals surface area contributed by atoms with Crippen molar-refractivity contribution in [3.63, 3.8) is 0 Å². The molecule has 0 atom stereocenters. The number of rotatable bonds is 4. The lowest BCUT2D eigenvalue weighted by atomic mass is 10.1. The molecule has 1 aromatic rings. The SMILES string of the molecule is Cc1cnc(CCl)c(C)c1OCC1COC(C)(C)OC1. The maximum absolute atomic E-state index is 5.96. The fraction of sp³-hybridized carbons (Fsp3) is 0.667. The minimum atomic E-state index is -0.481. The molecule has 112 valence electrons. The van der Waals surface area contributed by atoms with E-state index < -0.39 is 5.79 Å². The molecule has 4 nitrogen and oxygen atoms in total. The highest BCUT2D eigenvalue weighted by atomic mass is 35.5. The van der Waals surface area contributed by atoms with Crippen molar-refractivity contribution in [2.45, 2.75) is 39.4 Å². The van der Waals surface area contributed by atoms with E-state index in [0.29, 0.717) is 25.7 Å². The van der Waals surface area contributed by atoms with Crippen LogP contribution in [0.5, 0.6) is 5.75 Å². The third kappa shape index (κ3) is 3.62. The quantitative estimate of drug-likeness (QED) is 0.801. The lowest BCUT2D eigenvalue weighted by Gasteiger charge is -2.34. The highest BCUT2D eigenvalue weighted by Gasteiger charge is 2.28. The van der Waals surface area contributed by atoms with Crippen molar-refractivity contribution in [2.75, 3.05) is 19.8 Å². The lowest BCUT2D eigenvalue weighted by Crippen LogP contribution is -2.41. The van der Waals surface area contributed by atoms with Crippen molar-refractivity contribution in [3.8, 4) is 5.75 Å². The average Bonchev–Trinajstić information content (AvgIpc) is 2.40. The Labute approximate surface area is 125 Å². The number of hydrogen-bond donors (Lipinski definition) is 0. The van der Waals surface area contributed by atoms with Gasteiger partial charge in [0.25, 0.3) is 0 Å². The molecule has 0 radical (unpaired) electrons. The molecule has 2 rings (SSSR count). The van der Waals surface area contributed by atoms with Gasteiger partial charge >= 0.3 is 0 Å². The molecule has 2 heterocycles. The first-order valence-electron chi connectivity index (χ1n) is 6.84. The summed E-state index contributed by atoms with van der Waals surface area (Å²) < 4.78 is 17.2. The number of aromatic nitrogens is 1. The molecule has 0 amide bonds. The minimum Gasteiger partial charge on any atom is -0.492 e. The molecule has 0 bridgehead atoms. The Bertz CT molecular complexity index is 466. The predicted molar refractivity (Wildman–Crippen MR) is 78.2 cm³/mol. The van der Waals surface area contributed by atoms with Gasteiger partial charge in [0.15, 0.2) is 5.79 Å². The van der Waals surface area contributed by atoms with Crippen LogP contribution in [0.4, 0.5) is 0 Å². The Balaban J connectivity index is 1.98. The normalized spacial score (nSPS) is 19.1. The summed E-state index contributed by atoms with van der Waals surface area (Å²) in [6, 6.07) is 0. The van der Waals surface area contributed by atoms with Crippen molar-refractivity contribution in [1.29, 1.82) is 0 Å². The summed E-state index contributed by atoms with van der Waals surface area (Å²) in [6.07, 6.45) is 1.80. The van der Waals surface area contributed by atoms with Crippen LogP contribution < -0.4 is 4.74 Å². The third-order valence-corrected chi connectivity index (χ3v) is 3.72. The van der Waals surface area contributed by atoms with Crippen molar-refractivity contribution in [1.82, 2.24) is 4.98 Å². The molecule has 0 saturated carbocycles. The molecule has 1 aromatic heterocycles. The van der Waals surface area contributed by atoms with Crippen LogP contribution in [0.3, 0.4) is 0 Å². The molecule has 1 saturated heterocycles. The summed E-state index contributed by atoms with van der Waals surface area (Å²) in [5.74, 6) is 1.03. The van der Waals surface area contributed by atoms with Gasteiger partial charge in [-0.3, -0.25) is 4.98 Å². The van der Waals surface area contributed by atoms with Gasteiger partial charge < -0.3 is 14.2 Å². The molecule has 1 aliphatic rings. The molecular formula is C15H22ClNO3. The first kappa shape index (κ1) is 15.5. The van der Waals surface area contributed by atoms with Gasteiger partial charge in [0.05, 0.1) is 31.4 Å². The molecule has 0 spiro atoms. The number of hydrogen-bond acceptors (Lipinski definition) is 4. The Morgan fingerprint density at radius 2 is 2.00 bits per heavy atom. The predicted octanol–water partition coefficient (Wildman–Crippen LogP) is 3.22. The Morgan fingerprint density at radius 3 is 2.60 bits per heavy atom. The van der Waals surface area contributed by atoms with Crippen molar-refractivity contribution in [2.24, 2.45) is 5.92 Å². The van der Waals surface area contributed by atoms with E-state index in [1.54, 1.807) is 6.20 Å². The van der Waals surface area contributed by atoms with Crippen molar-refractivity contribution in [3.05, 3.63) is 23.0 Å². The molecule has 5 heteroatoms. The van der Waals surface area contributed by atoms with Crippen LogP contribution in [-0.2, 0) is 15.4 Å². The fourth-order valence-corrected chi connectivity index (χ4v) is 2.41.